The lowest BCUT2D eigenvalue weighted by Gasteiger charge is -2.17. The molecule has 0 aliphatic heterocycles. The summed E-state index contributed by atoms with van der Waals surface area (Å²) in [6.45, 7) is 1.49. The monoisotopic (exact) mass is 492 g/mol. The SMILES string of the molecule is C[C@H](NCc1ncnc2c(C(F)(F)F)cc(C(F)(F)F)cc12)c1ncnn1-c1ccc(C#N)cn1. The number of aromatic nitrogens is 6. The second kappa shape index (κ2) is 8.91. The molecule has 1 aromatic carbocycles. The van der Waals surface area contributed by atoms with Gasteiger partial charge in [-0.25, -0.2) is 19.9 Å². The second-order valence-corrected chi connectivity index (χ2v) is 7.39. The summed E-state index contributed by atoms with van der Waals surface area (Å²) in [5.41, 5.74) is -3.29. The van der Waals surface area contributed by atoms with Gasteiger partial charge in [-0.3, -0.25) is 0 Å². The van der Waals surface area contributed by atoms with Crippen molar-refractivity contribution in [2.45, 2.75) is 31.9 Å². The molecule has 180 valence electrons. The van der Waals surface area contributed by atoms with Gasteiger partial charge in [-0.05, 0) is 31.2 Å². The smallest absolute Gasteiger partial charge is 0.302 e. The molecule has 0 amide bonds. The summed E-state index contributed by atoms with van der Waals surface area (Å²) in [4.78, 5) is 15.8. The van der Waals surface area contributed by atoms with Gasteiger partial charge in [-0.15, -0.1) is 0 Å². The molecule has 0 spiro atoms. The maximum absolute atomic E-state index is 13.5. The van der Waals surface area contributed by atoms with Crippen molar-refractivity contribution >= 4 is 10.9 Å². The van der Waals surface area contributed by atoms with Crippen molar-refractivity contribution in [1.82, 2.24) is 35.0 Å². The molecule has 3 aromatic heterocycles. The van der Waals surface area contributed by atoms with Crippen LogP contribution in [-0.2, 0) is 18.9 Å². The molecule has 14 heteroatoms. The van der Waals surface area contributed by atoms with Crippen LogP contribution >= 0.6 is 0 Å². The highest BCUT2D eigenvalue weighted by Crippen LogP contribution is 2.39. The van der Waals surface area contributed by atoms with Gasteiger partial charge in [0, 0.05) is 18.1 Å². The minimum absolute atomic E-state index is 0.0439. The molecule has 0 aliphatic carbocycles. The van der Waals surface area contributed by atoms with Crippen LogP contribution in [0.5, 0.6) is 0 Å². The largest absolute Gasteiger partial charge is 0.418 e. The normalized spacial score (nSPS) is 13.1. The van der Waals surface area contributed by atoms with Crippen molar-refractivity contribution < 1.29 is 26.3 Å². The zero-order chi connectivity index (χ0) is 25.4. The molecule has 35 heavy (non-hydrogen) atoms. The molecule has 1 N–H and O–H groups in total. The number of hydrogen-bond acceptors (Lipinski definition) is 7. The number of nitrogens with zero attached hydrogens (tertiary/aromatic N) is 7. The summed E-state index contributed by atoms with van der Waals surface area (Å²) < 4.78 is 81.8. The van der Waals surface area contributed by atoms with E-state index in [9.17, 15) is 26.3 Å². The number of pyridine rings is 1. The van der Waals surface area contributed by atoms with E-state index in [1.54, 1.807) is 13.0 Å². The lowest BCUT2D eigenvalue weighted by Crippen LogP contribution is -2.23. The van der Waals surface area contributed by atoms with Crippen molar-refractivity contribution in [3.63, 3.8) is 0 Å². The summed E-state index contributed by atoms with van der Waals surface area (Å²) in [7, 11) is 0. The molecule has 4 rings (SSSR count). The average molecular weight is 492 g/mol. The first kappa shape index (κ1) is 24.0. The number of nitriles is 1. The van der Waals surface area contributed by atoms with Gasteiger partial charge in [-0.2, -0.15) is 41.4 Å². The lowest BCUT2D eigenvalue weighted by atomic mass is 10.0. The topological polar surface area (TPSA) is 105 Å². The summed E-state index contributed by atoms with van der Waals surface area (Å²) in [5, 5.41) is 15.6. The first-order chi connectivity index (χ1) is 16.5. The highest BCUT2D eigenvalue weighted by molar-refractivity contribution is 5.85. The highest BCUT2D eigenvalue weighted by Gasteiger charge is 2.39. The molecule has 0 radical (unpaired) electrons. The zero-order valence-corrected chi connectivity index (χ0v) is 17.7. The minimum atomic E-state index is -5.05. The Kier molecular flexibility index (Phi) is 6.12. The van der Waals surface area contributed by atoms with Gasteiger partial charge in [0.05, 0.1) is 33.9 Å². The Bertz CT molecular complexity index is 1400. The van der Waals surface area contributed by atoms with E-state index >= 15 is 0 Å². The average Bonchev–Trinajstić information content (AvgIpc) is 3.30. The number of benzene rings is 1. The highest BCUT2D eigenvalue weighted by atomic mass is 19.4. The van der Waals surface area contributed by atoms with Crippen molar-refractivity contribution in [1.29, 1.82) is 5.26 Å². The van der Waals surface area contributed by atoms with Gasteiger partial charge in [0.25, 0.3) is 0 Å². The molecule has 0 saturated heterocycles. The number of fused-ring (bicyclic) bond motifs is 1. The first-order valence-electron chi connectivity index (χ1n) is 9.91. The standard InChI is InChI=1S/C21H14F6N8/c1-11(19-33-10-34-35(19)17-3-2-12(6-28)7-30-17)29-8-16-14-4-13(20(22,23)24)5-15(21(25,26)27)18(14)32-9-31-16/h2-5,7,9-11,29H,8H2,1H3/t11-/m0/s1. The third-order valence-corrected chi connectivity index (χ3v) is 5.09. The molecule has 0 aliphatic rings. The van der Waals surface area contributed by atoms with E-state index in [-0.39, 0.29) is 23.7 Å². The molecule has 8 nitrogen and oxygen atoms in total. The predicted molar refractivity (Wildman–Crippen MR) is 109 cm³/mol. The van der Waals surface area contributed by atoms with Gasteiger partial charge in [0.15, 0.2) is 11.6 Å². The van der Waals surface area contributed by atoms with Crippen LogP contribution in [0, 0.1) is 11.3 Å². The van der Waals surface area contributed by atoms with E-state index in [1.165, 1.54) is 23.3 Å². The van der Waals surface area contributed by atoms with Gasteiger partial charge in [-0.1, -0.05) is 0 Å². The second-order valence-electron chi connectivity index (χ2n) is 7.39. The maximum Gasteiger partial charge on any atom is 0.418 e. The third kappa shape index (κ3) is 4.90. The van der Waals surface area contributed by atoms with Gasteiger partial charge < -0.3 is 5.32 Å². The molecule has 3 heterocycles. The Hall–Kier alpha value is -4.12. The summed E-state index contributed by atoms with van der Waals surface area (Å²) in [6, 6.07) is 5.12. The van der Waals surface area contributed by atoms with E-state index in [0.29, 0.717) is 23.3 Å². The fourth-order valence-corrected chi connectivity index (χ4v) is 3.38. The Labute approximate surface area is 193 Å². The minimum Gasteiger partial charge on any atom is -0.302 e. The molecular formula is C21H14F6N8. The third-order valence-electron chi connectivity index (χ3n) is 5.09. The quantitative estimate of drug-likeness (QED) is 0.413. The maximum atomic E-state index is 13.5. The number of halogens is 6. The Morgan fingerprint density at radius 3 is 2.40 bits per heavy atom. The predicted octanol–water partition coefficient (Wildman–Crippen LogP) is 4.37. The van der Waals surface area contributed by atoms with E-state index in [0.717, 1.165) is 6.33 Å². The Morgan fingerprint density at radius 2 is 1.77 bits per heavy atom. The Balaban J connectivity index is 1.66. The number of alkyl halides is 6. The zero-order valence-electron chi connectivity index (χ0n) is 17.7. The van der Waals surface area contributed by atoms with E-state index < -0.39 is 35.0 Å². The van der Waals surface area contributed by atoms with Crippen LogP contribution in [0.1, 0.15) is 41.2 Å². The van der Waals surface area contributed by atoms with Crippen molar-refractivity contribution in [3.05, 3.63) is 71.3 Å². The van der Waals surface area contributed by atoms with E-state index in [1.807, 2.05) is 6.07 Å². The van der Waals surface area contributed by atoms with Crippen LogP contribution in [0.2, 0.25) is 0 Å². The van der Waals surface area contributed by atoms with Crippen LogP contribution < -0.4 is 5.32 Å². The van der Waals surface area contributed by atoms with Crippen LogP contribution in [0.25, 0.3) is 16.7 Å². The van der Waals surface area contributed by atoms with Crippen LogP contribution in [-0.4, -0.2) is 29.7 Å². The Morgan fingerprint density at radius 1 is 1.00 bits per heavy atom. The van der Waals surface area contributed by atoms with Gasteiger partial charge in [0.1, 0.15) is 18.7 Å². The molecule has 1 atom stereocenters. The van der Waals surface area contributed by atoms with Crippen molar-refractivity contribution in [2.75, 3.05) is 0 Å². The van der Waals surface area contributed by atoms with Gasteiger partial charge >= 0.3 is 12.4 Å². The molecule has 0 saturated carbocycles. The first-order valence-corrected chi connectivity index (χ1v) is 9.91. The number of rotatable bonds is 5. The van der Waals surface area contributed by atoms with Crippen LogP contribution in [0.15, 0.2) is 43.1 Å². The van der Waals surface area contributed by atoms with Crippen molar-refractivity contribution in [2.24, 2.45) is 0 Å². The van der Waals surface area contributed by atoms with Crippen LogP contribution in [0.4, 0.5) is 26.3 Å². The van der Waals surface area contributed by atoms with Gasteiger partial charge in [0.2, 0.25) is 0 Å². The molecular weight excluding hydrogens is 478 g/mol. The summed E-state index contributed by atoms with van der Waals surface area (Å²) in [6.07, 6.45) is -6.56. The van der Waals surface area contributed by atoms with E-state index in [4.69, 9.17) is 5.26 Å². The van der Waals surface area contributed by atoms with E-state index in [2.05, 4.69) is 30.4 Å². The van der Waals surface area contributed by atoms with Crippen LogP contribution in [0.3, 0.4) is 0 Å². The molecule has 0 fully saturated rings. The summed E-state index contributed by atoms with van der Waals surface area (Å²) >= 11 is 0. The fraction of sp³-hybridized carbons (Fsp3) is 0.238. The number of hydrogen-bond donors (Lipinski definition) is 1. The molecule has 0 bridgehead atoms. The van der Waals surface area contributed by atoms with Crippen molar-refractivity contribution in [3.8, 4) is 11.9 Å². The molecule has 0 unspecified atom stereocenters. The summed E-state index contributed by atoms with van der Waals surface area (Å²) in [5.74, 6) is 0.731. The molecule has 4 aromatic rings. The number of nitrogens with one attached hydrogen (secondary N) is 1. The lowest BCUT2D eigenvalue weighted by molar-refractivity contribution is -0.142. The fourth-order valence-electron chi connectivity index (χ4n) is 3.38.